The van der Waals surface area contributed by atoms with Crippen molar-refractivity contribution in [3.05, 3.63) is 45.7 Å². The van der Waals surface area contributed by atoms with Crippen molar-refractivity contribution < 1.29 is 5.11 Å². The Morgan fingerprint density at radius 1 is 1.15 bits per heavy atom. The molecule has 4 rings (SSSR count). The topological polar surface area (TPSA) is 62.8 Å². The van der Waals surface area contributed by atoms with Gasteiger partial charge in [-0.2, -0.15) is 0 Å². The van der Waals surface area contributed by atoms with E-state index in [4.69, 9.17) is 0 Å². The van der Waals surface area contributed by atoms with Crippen LogP contribution in [0, 0.1) is 6.92 Å². The summed E-state index contributed by atoms with van der Waals surface area (Å²) < 4.78 is 0. The fourth-order valence-corrected chi connectivity index (χ4v) is 4.23. The number of fused-ring (bicyclic) bond motifs is 1. The summed E-state index contributed by atoms with van der Waals surface area (Å²) in [6, 6.07) is 7.82. The minimum atomic E-state index is -0.326. The van der Waals surface area contributed by atoms with Crippen molar-refractivity contribution in [1.29, 1.82) is 0 Å². The number of likely N-dealkylation sites (N-methyl/N-ethyl adjacent to an activating group) is 1. The molecular formula is C20H28N4O2. The van der Waals surface area contributed by atoms with Gasteiger partial charge in [-0.15, -0.1) is 0 Å². The number of aliphatic hydroxyl groups is 1. The van der Waals surface area contributed by atoms with Gasteiger partial charge in [0.15, 0.2) is 5.43 Å². The van der Waals surface area contributed by atoms with Crippen molar-refractivity contribution in [3.63, 3.8) is 0 Å². The molecule has 2 aliphatic heterocycles. The molecule has 6 heteroatoms. The largest absolute Gasteiger partial charge is 0.390 e. The number of benzene rings is 1. The molecule has 26 heavy (non-hydrogen) atoms. The van der Waals surface area contributed by atoms with E-state index in [1.54, 1.807) is 6.07 Å². The number of β-amino-alcohol motifs (C(OH)–C–C–N with tert-alkyl or cyclic N) is 1. The van der Waals surface area contributed by atoms with Crippen molar-refractivity contribution in [2.24, 2.45) is 0 Å². The third kappa shape index (κ3) is 3.55. The lowest BCUT2D eigenvalue weighted by Crippen LogP contribution is -2.52. The van der Waals surface area contributed by atoms with Crippen molar-refractivity contribution >= 4 is 10.9 Å². The maximum Gasteiger partial charge on any atom is 0.189 e. The molecule has 2 N–H and O–H groups in total. The molecule has 6 nitrogen and oxygen atoms in total. The molecule has 0 amide bonds. The van der Waals surface area contributed by atoms with E-state index in [0.29, 0.717) is 13.1 Å². The second kappa shape index (κ2) is 7.12. The molecule has 0 unspecified atom stereocenters. The number of aromatic amines is 1. The number of pyridine rings is 1. The Morgan fingerprint density at radius 2 is 1.92 bits per heavy atom. The SMILES string of the molecule is Cc1ccc2[nH]c(CN3C[C@@H](O)[C@H](N4CCN(C)CC4)C3)cc(=O)c2c1. The Hall–Kier alpha value is -1.73. The quantitative estimate of drug-likeness (QED) is 0.845. The lowest BCUT2D eigenvalue weighted by molar-refractivity contribution is 0.0512. The van der Waals surface area contributed by atoms with Gasteiger partial charge in [0.1, 0.15) is 0 Å². The van der Waals surface area contributed by atoms with Crippen LogP contribution in [0.15, 0.2) is 29.1 Å². The number of nitrogens with one attached hydrogen (secondary N) is 1. The van der Waals surface area contributed by atoms with Crippen molar-refractivity contribution in [2.45, 2.75) is 25.6 Å². The predicted molar refractivity (Wildman–Crippen MR) is 103 cm³/mol. The number of likely N-dealkylation sites (tertiary alicyclic amines) is 1. The molecule has 0 spiro atoms. The summed E-state index contributed by atoms with van der Waals surface area (Å²) in [4.78, 5) is 22.8. The number of rotatable bonds is 3. The molecule has 1 aromatic carbocycles. The summed E-state index contributed by atoms with van der Waals surface area (Å²) in [5.74, 6) is 0. The van der Waals surface area contributed by atoms with Crippen LogP contribution in [0.2, 0.25) is 0 Å². The first-order chi connectivity index (χ1) is 12.5. The van der Waals surface area contributed by atoms with Crippen LogP contribution in [0.1, 0.15) is 11.3 Å². The molecule has 3 heterocycles. The molecule has 0 aliphatic carbocycles. The number of nitrogens with zero attached hydrogens (tertiary/aromatic N) is 3. The highest BCUT2D eigenvalue weighted by Crippen LogP contribution is 2.20. The maximum absolute atomic E-state index is 12.4. The Bertz CT molecular complexity index is 841. The first-order valence-electron chi connectivity index (χ1n) is 9.45. The van der Waals surface area contributed by atoms with E-state index in [0.717, 1.165) is 54.9 Å². The summed E-state index contributed by atoms with van der Waals surface area (Å²) in [5, 5.41) is 11.3. The van der Waals surface area contributed by atoms with Crippen molar-refractivity contribution in [2.75, 3.05) is 46.3 Å². The van der Waals surface area contributed by atoms with Crippen molar-refractivity contribution in [3.8, 4) is 0 Å². The summed E-state index contributed by atoms with van der Waals surface area (Å²) in [6.45, 7) is 8.30. The van der Waals surface area contributed by atoms with E-state index >= 15 is 0 Å². The van der Waals surface area contributed by atoms with Gasteiger partial charge in [0.2, 0.25) is 0 Å². The average Bonchev–Trinajstić information content (AvgIpc) is 2.96. The molecule has 0 saturated carbocycles. The van der Waals surface area contributed by atoms with Gasteiger partial charge in [-0.1, -0.05) is 11.6 Å². The maximum atomic E-state index is 12.4. The van der Waals surface area contributed by atoms with Gasteiger partial charge in [-0.3, -0.25) is 14.6 Å². The molecule has 2 saturated heterocycles. The van der Waals surface area contributed by atoms with E-state index < -0.39 is 0 Å². The monoisotopic (exact) mass is 356 g/mol. The number of hydrogen-bond acceptors (Lipinski definition) is 5. The van der Waals surface area contributed by atoms with Gasteiger partial charge in [0, 0.05) is 74.5 Å². The zero-order chi connectivity index (χ0) is 18.3. The third-order valence-corrected chi connectivity index (χ3v) is 5.78. The molecule has 2 atom stereocenters. The molecule has 1 aromatic heterocycles. The molecule has 2 aliphatic rings. The van der Waals surface area contributed by atoms with Crippen LogP contribution in [-0.4, -0.2) is 83.3 Å². The summed E-state index contributed by atoms with van der Waals surface area (Å²) in [7, 11) is 2.15. The van der Waals surface area contributed by atoms with Crippen LogP contribution in [0.5, 0.6) is 0 Å². The third-order valence-electron chi connectivity index (χ3n) is 5.78. The molecular weight excluding hydrogens is 328 g/mol. The Balaban J connectivity index is 1.47. The predicted octanol–water partition coefficient (Wildman–Crippen LogP) is 0.629. The highest BCUT2D eigenvalue weighted by atomic mass is 16.3. The minimum absolute atomic E-state index is 0.0628. The van der Waals surface area contributed by atoms with Crippen LogP contribution in [0.3, 0.4) is 0 Å². The summed E-state index contributed by atoms with van der Waals surface area (Å²) >= 11 is 0. The lowest BCUT2D eigenvalue weighted by Gasteiger charge is -2.37. The Kier molecular flexibility index (Phi) is 4.84. The van der Waals surface area contributed by atoms with E-state index in [-0.39, 0.29) is 17.6 Å². The lowest BCUT2D eigenvalue weighted by atomic mass is 10.1. The molecule has 0 bridgehead atoms. The van der Waals surface area contributed by atoms with Gasteiger partial charge in [-0.05, 0) is 26.1 Å². The standard InChI is InChI=1S/C20H28N4O2/c1-14-3-4-17-16(9-14)19(25)10-15(21-17)11-23-12-18(20(26)13-23)24-7-5-22(2)6-8-24/h3-4,9-10,18,20,26H,5-8,11-13H2,1-2H3,(H,21,25)/t18-,20-/m1/s1. The molecule has 2 aromatic rings. The van der Waals surface area contributed by atoms with Crippen LogP contribution >= 0.6 is 0 Å². The molecule has 140 valence electrons. The normalized spacial score (nSPS) is 26.0. The second-order valence-electron chi connectivity index (χ2n) is 7.88. The first-order valence-corrected chi connectivity index (χ1v) is 9.45. The summed E-state index contributed by atoms with van der Waals surface area (Å²) in [5.41, 5.74) is 2.95. The number of hydrogen-bond donors (Lipinski definition) is 2. The number of piperazine rings is 1. The van der Waals surface area contributed by atoms with E-state index in [1.165, 1.54) is 0 Å². The van der Waals surface area contributed by atoms with E-state index in [9.17, 15) is 9.90 Å². The second-order valence-corrected chi connectivity index (χ2v) is 7.88. The van der Waals surface area contributed by atoms with Crippen LogP contribution in [0.4, 0.5) is 0 Å². The fraction of sp³-hybridized carbons (Fsp3) is 0.550. The van der Waals surface area contributed by atoms with E-state index in [2.05, 4.69) is 26.7 Å². The van der Waals surface area contributed by atoms with Gasteiger partial charge in [0.05, 0.1) is 6.10 Å². The molecule has 0 radical (unpaired) electrons. The fourth-order valence-electron chi connectivity index (χ4n) is 4.23. The van der Waals surface area contributed by atoms with Gasteiger partial charge in [-0.25, -0.2) is 0 Å². The van der Waals surface area contributed by atoms with Crippen LogP contribution in [-0.2, 0) is 6.54 Å². The molecule has 2 fully saturated rings. The smallest absolute Gasteiger partial charge is 0.189 e. The number of aliphatic hydroxyl groups excluding tert-OH is 1. The van der Waals surface area contributed by atoms with Gasteiger partial charge in [0.25, 0.3) is 0 Å². The zero-order valence-corrected chi connectivity index (χ0v) is 15.6. The van der Waals surface area contributed by atoms with Crippen LogP contribution < -0.4 is 5.43 Å². The van der Waals surface area contributed by atoms with Crippen LogP contribution in [0.25, 0.3) is 10.9 Å². The summed E-state index contributed by atoms with van der Waals surface area (Å²) in [6.07, 6.45) is -0.326. The van der Waals surface area contributed by atoms with Gasteiger partial charge < -0.3 is 15.0 Å². The number of aromatic nitrogens is 1. The van der Waals surface area contributed by atoms with E-state index in [1.807, 2.05) is 25.1 Å². The number of H-pyrrole nitrogens is 1. The highest BCUT2D eigenvalue weighted by Gasteiger charge is 2.36. The zero-order valence-electron chi connectivity index (χ0n) is 15.6. The first kappa shape index (κ1) is 17.7. The van der Waals surface area contributed by atoms with Gasteiger partial charge >= 0.3 is 0 Å². The Morgan fingerprint density at radius 3 is 2.69 bits per heavy atom. The van der Waals surface area contributed by atoms with Crippen molar-refractivity contribution in [1.82, 2.24) is 19.7 Å². The minimum Gasteiger partial charge on any atom is -0.390 e. The average molecular weight is 356 g/mol. The number of aryl methyl sites for hydroxylation is 1. The highest BCUT2D eigenvalue weighted by molar-refractivity contribution is 5.79. The Labute approximate surface area is 154 Å².